The Hall–Kier alpha value is -2.46. The van der Waals surface area contributed by atoms with Gasteiger partial charge >= 0.3 is 0 Å². The minimum absolute atomic E-state index is 0.215. The van der Waals surface area contributed by atoms with Crippen LogP contribution in [0.1, 0.15) is 35.4 Å². The van der Waals surface area contributed by atoms with Gasteiger partial charge in [0, 0.05) is 17.1 Å². The molecular weight excluding hydrogens is 414 g/mol. The molecule has 6 N–H and O–H groups in total. The molecule has 0 amide bonds. The summed E-state index contributed by atoms with van der Waals surface area (Å²) < 4.78 is 10.8. The van der Waals surface area contributed by atoms with Gasteiger partial charge in [-0.2, -0.15) is 0 Å². The van der Waals surface area contributed by atoms with Gasteiger partial charge in [0.05, 0.1) is 6.61 Å². The highest BCUT2D eigenvalue weighted by Crippen LogP contribution is 2.40. The number of rotatable bonds is 6. The number of aromatic amines is 1. The van der Waals surface area contributed by atoms with Gasteiger partial charge in [0.1, 0.15) is 18.0 Å². The van der Waals surface area contributed by atoms with E-state index >= 15 is 0 Å². The first-order valence-corrected chi connectivity index (χ1v) is 10.8. The Morgan fingerprint density at radius 1 is 1.06 bits per heavy atom. The first kappa shape index (κ1) is 21.4. The predicted octanol–water partition coefficient (Wildman–Crippen LogP) is 1.13. The molecular formula is C24H27NO7. The molecule has 1 saturated heterocycles. The molecule has 32 heavy (non-hydrogen) atoms. The molecule has 2 aliphatic rings. The summed E-state index contributed by atoms with van der Waals surface area (Å²) in [5.74, 6) is -1.72. The van der Waals surface area contributed by atoms with Gasteiger partial charge in [-0.1, -0.05) is 30.3 Å². The van der Waals surface area contributed by atoms with Crippen molar-refractivity contribution in [3.63, 3.8) is 0 Å². The molecule has 1 aliphatic heterocycles. The second-order valence-corrected chi connectivity index (χ2v) is 8.68. The molecule has 3 aromatic rings. The summed E-state index contributed by atoms with van der Waals surface area (Å²) in [5.41, 5.74) is 4.14. The third kappa shape index (κ3) is 3.69. The minimum Gasteiger partial charge on any atom is -0.454 e. The van der Waals surface area contributed by atoms with Crippen LogP contribution in [-0.4, -0.2) is 67.5 Å². The van der Waals surface area contributed by atoms with Gasteiger partial charge in [-0.25, -0.2) is 0 Å². The average molecular weight is 441 g/mol. The number of nitrogens with one attached hydrogen (secondary N) is 1. The second-order valence-electron chi connectivity index (χ2n) is 8.68. The van der Waals surface area contributed by atoms with Crippen LogP contribution in [0.2, 0.25) is 0 Å². The SMILES string of the molecule is OC[C@H]1O[C@H](O)[C@@](O)(Oc2cccc3[nH]cc(Cc4ccc(C5CC5)cc4)c23)[C@@H](O)[C@@H]1O. The van der Waals surface area contributed by atoms with E-state index in [4.69, 9.17) is 9.47 Å². The number of aliphatic hydroxyl groups is 5. The molecule has 1 saturated carbocycles. The lowest BCUT2D eigenvalue weighted by Gasteiger charge is -2.45. The topological polar surface area (TPSA) is 135 Å². The Kier molecular flexibility index (Phi) is 5.45. The molecule has 2 heterocycles. The van der Waals surface area contributed by atoms with Gasteiger partial charge < -0.3 is 40.0 Å². The zero-order valence-electron chi connectivity index (χ0n) is 17.4. The number of fused-ring (bicyclic) bond motifs is 1. The van der Waals surface area contributed by atoms with E-state index < -0.39 is 37.0 Å². The van der Waals surface area contributed by atoms with Gasteiger partial charge in [0.15, 0.2) is 6.10 Å². The lowest BCUT2D eigenvalue weighted by molar-refractivity contribution is -0.385. The smallest absolute Gasteiger partial charge is 0.288 e. The molecule has 5 rings (SSSR count). The fraction of sp³-hybridized carbons (Fsp3) is 0.417. The van der Waals surface area contributed by atoms with Crippen molar-refractivity contribution in [3.8, 4) is 5.75 Å². The summed E-state index contributed by atoms with van der Waals surface area (Å²) >= 11 is 0. The number of ether oxygens (including phenoxy) is 2. The lowest BCUT2D eigenvalue weighted by atomic mass is 9.95. The van der Waals surface area contributed by atoms with Gasteiger partial charge in [0.2, 0.25) is 6.29 Å². The third-order valence-electron chi connectivity index (χ3n) is 6.41. The molecule has 8 nitrogen and oxygen atoms in total. The zero-order chi connectivity index (χ0) is 22.5. The van der Waals surface area contributed by atoms with Crippen molar-refractivity contribution in [2.45, 2.75) is 55.6 Å². The molecule has 2 aromatic carbocycles. The van der Waals surface area contributed by atoms with Gasteiger partial charge in [-0.15, -0.1) is 0 Å². The standard InChI is InChI=1S/C24H27NO7/c26-12-19-21(27)22(28)24(30,23(29)31-19)32-18-3-1-2-17-20(18)16(11-25-17)10-13-4-6-14(7-5-13)15-8-9-15/h1-7,11,15,19,21-23,25-30H,8-10,12H2/t19-,21-,22+,23+,24+/m1/s1. The molecule has 1 aromatic heterocycles. The van der Waals surface area contributed by atoms with Crippen molar-refractivity contribution in [1.29, 1.82) is 0 Å². The molecule has 1 aliphatic carbocycles. The van der Waals surface area contributed by atoms with Crippen LogP contribution in [0.3, 0.4) is 0 Å². The minimum atomic E-state index is -2.63. The highest BCUT2D eigenvalue weighted by Gasteiger charge is 2.57. The van der Waals surface area contributed by atoms with Crippen LogP contribution in [0, 0.1) is 0 Å². The number of H-pyrrole nitrogens is 1. The maximum atomic E-state index is 10.9. The summed E-state index contributed by atoms with van der Waals surface area (Å²) in [7, 11) is 0. The van der Waals surface area contributed by atoms with E-state index in [1.54, 1.807) is 12.1 Å². The van der Waals surface area contributed by atoms with E-state index in [0.29, 0.717) is 17.7 Å². The van der Waals surface area contributed by atoms with Crippen LogP contribution in [0.15, 0.2) is 48.7 Å². The van der Waals surface area contributed by atoms with Gasteiger partial charge in [-0.3, -0.25) is 0 Å². The Morgan fingerprint density at radius 3 is 2.50 bits per heavy atom. The summed E-state index contributed by atoms with van der Waals surface area (Å²) in [6.07, 6.45) is -1.81. The van der Waals surface area contributed by atoms with Crippen molar-refractivity contribution in [3.05, 3.63) is 65.4 Å². The summed E-state index contributed by atoms with van der Waals surface area (Å²) in [6.45, 7) is -0.636. The van der Waals surface area contributed by atoms with Gasteiger partial charge in [0.25, 0.3) is 5.79 Å². The van der Waals surface area contributed by atoms with Crippen molar-refractivity contribution in [1.82, 2.24) is 4.98 Å². The Bertz CT molecular complexity index is 1090. The molecule has 8 heteroatoms. The second kappa shape index (κ2) is 8.15. The Balaban J connectivity index is 1.45. The highest BCUT2D eigenvalue weighted by molar-refractivity contribution is 5.89. The predicted molar refractivity (Wildman–Crippen MR) is 115 cm³/mol. The lowest BCUT2D eigenvalue weighted by Crippen LogP contribution is -2.69. The van der Waals surface area contributed by atoms with E-state index in [9.17, 15) is 25.5 Å². The molecule has 0 unspecified atom stereocenters. The Labute approximate surface area is 184 Å². The van der Waals surface area contributed by atoms with Crippen LogP contribution in [0.5, 0.6) is 5.75 Å². The van der Waals surface area contributed by atoms with E-state index in [1.807, 2.05) is 12.3 Å². The number of hydrogen-bond donors (Lipinski definition) is 6. The number of benzene rings is 2. The molecule has 0 radical (unpaired) electrons. The van der Waals surface area contributed by atoms with Crippen LogP contribution < -0.4 is 4.74 Å². The van der Waals surface area contributed by atoms with Crippen LogP contribution in [0.4, 0.5) is 0 Å². The van der Waals surface area contributed by atoms with Crippen LogP contribution in [0.25, 0.3) is 10.9 Å². The van der Waals surface area contributed by atoms with Crippen LogP contribution in [-0.2, 0) is 11.2 Å². The van der Waals surface area contributed by atoms with E-state index in [1.165, 1.54) is 18.4 Å². The van der Waals surface area contributed by atoms with Crippen molar-refractivity contribution >= 4 is 10.9 Å². The first-order valence-electron chi connectivity index (χ1n) is 10.8. The maximum absolute atomic E-state index is 10.9. The monoisotopic (exact) mass is 441 g/mol. The molecule has 2 fully saturated rings. The average Bonchev–Trinajstić information content (AvgIpc) is 3.57. The number of aliphatic hydroxyl groups excluding tert-OH is 4. The normalized spacial score (nSPS) is 30.5. The number of aromatic nitrogens is 1. The summed E-state index contributed by atoms with van der Waals surface area (Å²) in [4.78, 5) is 3.19. The molecule has 0 bridgehead atoms. The van der Waals surface area contributed by atoms with Crippen LogP contribution >= 0.6 is 0 Å². The maximum Gasteiger partial charge on any atom is 0.288 e. The third-order valence-corrected chi connectivity index (χ3v) is 6.41. The molecule has 170 valence electrons. The van der Waals surface area contributed by atoms with Gasteiger partial charge in [-0.05, 0) is 54.0 Å². The van der Waals surface area contributed by atoms with E-state index in [0.717, 1.165) is 16.6 Å². The zero-order valence-corrected chi connectivity index (χ0v) is 17.4. The van der Waals surface area contributed by atoms with E-state index in [2.05, 4.69) is 29.2 Å². The first-order chi connectivity index (χ1) is 15.4. The van der Waals surface area contributed by atoms with Crippen molar-refractivity contribution < 1.29 is 35.0 Å². The Morgan fingerprint density at radius 2 is 1.81 bits per heavy atom. The number of hydrogen-bond acceptors (Lipinski definition) is 7. The fourth-order valence-electron chi connectivity index (χ4n) is 4.36. The summed E-state index contributed by atoms with van der Waals surface area (Å²) in [6, 6.07) is 13.7. The van der Waals surface area contributed by atoms with Crippen molar-refractivity contribution in [2.24, 2.45) is 0 Å². The quantitative estimate of drug-likeness (QED) is 0.316. The molecule has 5 atom stereocenters. The summed E-state index contributed by atoms with van der Waals surface area (Å²) in [5, 5.41) is 51.8. The fourth-order valence-corrected chi connectivity index (χ4v) is 4.36. The molecule has 0 spiro atoms. The largest absolute Gasteiger partial charge is 0.454 e. The van der Waals surface area contributed by atoms with E-state index in [-0.39, 0.29) is 5.75 Å². The van der Waals surface area contributed by atoms with Crippen molar-refractivity contribution in [2.75, 3.05) is 6.61 Å². The highest BCUT2D eigenvalue weighted by atomic mass is 16.7.